The number of ether oxygens (including phenoxy) is 1. The highest BCUT2D eigenvalue weighted by atomic mass is 16.5. The van der Waals surface area contributed by atoms with Gasteiger partial charge < -0.3 is 15.8 Å². The van der Waals surface area contributed by atoms with Crippen molar-refractivity contribution in [2.45, 2.75) is 13.2 Å². The summed E-state index contributed by atoms with van der Waals surface area (Å²) in [7, 11) is 0. The molecular weight excluding hydrogens is 310 g/mol. The van der Waals surface area contributed by atoms with Crippen molar-refractivity contribution in [2.75, 3.05) is 5.32 Å². The molecule has 0 spiro atoms. The number of nitrogens with two attached hydrogens (primary N) is 1. The van der Waals surface area contributed by atoms with Gasteiger partial charge in [-0.15, -0.1) is 0 Å². The van der Waals surface area contributed by atoms with E-state index < -0.39 is 0 Å². The normalized spacial score (nSPS) is 10.2. The van der Waals surface area contributed by atoms with E-state index in [1.165, 1.54) is 5.56 Å². The number of anilines is 1. The summed E-state index contributed by atoms with van der Waals surface area (Å²) in [6.07, 6.45) is 0. The number of hydrogen-bond donors (Lipinski definition) is 3. The molecule has 0 bridgehead atoms. The molecule has 0 aliphatic rings. The molecule has 0 heterocycles. The minimum Gasteiger partial charge on any atom is -0.489 e. The highest BCUT2D eigenvalue weighted by molar-refractivity contribution is 5.95. The molecule has 0 fully saturated rings. The Bertz CT molecular complexity index is 812. The molecule has 3 aromatic rings. The summed E-state index contributed by atoms with van der Waals surface area (Å²) < 4.78 is 5.79. The van der Waals surface area contributed by atoms with Crippen LogP contribution in [-0.4, -0.2) is 5.84 Å². The molecule has 4 nitrogen and oxygen atoms in total. The van der Waals surface area contributed by atoms with Crippen molar-refractivity contribution in [1.29, 1.82) is 5.41 Å². The third kappa shape index (κ3) is 4.85. The molecule has 3 aromatic carbocycles. The molecule has 0 aliphatic carbocycles. The fourth-order valence-electron chi connectivity index (χ4n) is 2.42. The lowest BCUT2D eigenvalue weighted by Crippen LogP contribution is -2.10. The van der Waals surface area contributed by atoms with E-state index in [2.05, 4.69) is 29.6 Å². The third-order valence-corrected chi connectivity index (χ3v) is 3.86. The first-order chi connectivity index (χ1) is 12.2. The minimum absolute atomic E-state index is 0.0811. The zero-order valence-electron chi connectivity index (χ0n) is 13.9. The van der Waals surface area contributed by atoms with Gasteiger partial charge in [0.15, 0.2) is 0 Å². The summed E-state index contributed by atoms with van der Waals surface area (Å²) in [6.45, 7) is 1.29. The van der Waals surface area contributed by atoms with Crippen LogP contribution in [0.15, 0.2) is 78.9 Å². The Morgan fingerprint density at radius 3 is 2.16 bits per heavy atom. The second-order valence-corrected chi connectivity index (χ2v) is 5.76. The highest BCUT2D eigenvalue weighted by Gasteiger charge is 1.99. The van der Waals surface area contributed by atoms with Gasteiger partial charge in [-0.2, -0.15) is 0 Å². The van der Waals surface area contributed by atoms with Crippen molar-refractivity contribution in [2.24, 2.45) is 5.73 Å². The van der Waals surface area contributed by atoms with E-state index >= 15 is 0 Å². The van der Waals surface area contributed by atoms with Gasteiger partial charge in [-0.05, 0) is 47.5 Å². The number of nitrogens with one attached hydrogen (secondary N) is 2. The van der Waals surface area contributed by atoms with Crippen molar-refractivity contribution in [1.82, 2.24) is 0 Å². The maximum atomic E-state index is 7.40. The first-order valence-electron chi connectivity index (χ1n) is 8.15. The summed E-state index contributed by atoms with van der Waals surface area (Å²) in [6, 6.07) is 25.7. The summed E-state index contributed by atoms with van der Waals surface area (Å²) in [5.74, 6) is 0.941. The molecular formula is C21H21N3O. The summed E-state index contributed by atoms with van der Waals surface area (Å²) in [4.78, 5) is 0. The average molecular weight is 331 g/mol. The number of rotatable bonds is 7. The molecule has 0 amide bonds. The fourth-order valence-corrected chi connectivity index (χ4v) is 2.42. The molecule has 0 unspecified atom stereocenters. The number of amidine groups is 1. The monoisotopic (exact) mass is 331 g/mol. The van der Waals surface area contributed by atoms with Crippen molar-refractivity contribution in [3.05, 3.63) is 95.6 Å². The van der Waals surface area contributed by atoms with Crippen LogP contribution in [0.4, 0.5) is 5.69 Å². The lowest BCUT2D eigenvalue weighted by atomic mass is 10.1. The van der Waals surface area contributed by atoms with Gasteiger partial charge >= 0.3 is 0 Å². The van der Waals surface area contributed by atoms with Gasteiger partial charge in [-0.3, -0.25) is 5.41 Å². The molecule has 0 saturated heterocycles. The van der Waals surface area contributed by atoms with Crippen LogP contribution >= 0.6 is 0 Å². The fraction of sp³-hybridized carbons (Fsp3) is 0.0952. The van der Waals surface area contributed by atoms with Crippen LogP contribution < -0.4 is 15.8 Å². The second-order valence-electron chi connectivity index (χ2n) is 5.76. The molecule has 0 aliphatic heterocycles. The first kappa shape index (κ1) is 16.6. The van der Waals surface area contributed by atoms with Crippen LogP contribution in [0, 0.1) is 5.41 Å². The van der Waals surface area contributed by atoms with E-state index in [0.29, 0.717) is 6.61 Å². The standard InChI is InChI=1S/C21H21N3O/c22-21(23)18-8-10-19(11-9-18)24-14-16-6-12-20(13-7-16)25-15-17-4-2-1-3-5-17/h1-13,24H,14-15H2,(H3,22,23). The lowest BCUT2D eigenvalue weighted by molar-refractivity contribution is 0.306. The lowest BCUT2D eigenvalue weighted by Gasteiger charge is -2.09. The van der Waals surface area contributed by atoms with E-state index in [1.807, 2.05) is 54.6 Å². The van der Waals surface area contributed by atoms with Crippen LogP contribution in [-0.2, 0) is 13.2 Å². The number of nitrogen functional groups attached to an aromatic ring is 1. The van der Waals surface area contributed by atoms with Crippen molar-refractivity contribution < 1.29 is 4.74 Å². The van der Waals surface area contributed by atoms with Crippen LogP contribution in [0.2, 0.25) is 0 Å². The van der Waals surface area contributed by atoms with Gasteiger partial charge in [0.25, 0.3) is 0 Å². The highest BCUT2D eigenvalue weighted by Crippen LogP contribution is 2.16. The molecule has 3 rings (SSSR count). The maximum absolute atomic E-state index is 7.40. The number of benzene rings is 3. The SMILES string of the molecule is N=C(N)c1ccc(NCc2ccc(OCc3ccccc3)cc2)cc1. The van der Waals surface area contributed by atoms with Crippen LogP contribution in [0.25, 0.3) is 0 Å². The van der Waals surface area contributed by atoms with Gasteiger partial charge in [0, 0.05) is 17.8 Å². The Labute approximate surface area is 147 Å². The molecule has 4 N–H and O–H groups in total. The molecule has 0 aromatic heterocycles. The quantitative estimate of drug-likeness (QED) is 0.450. The van der Waals surface area contributed by atoms with E-state index in [4.69, 9.17) is 15.9 Å². The van der Waals surface area contributed by atoms with Gasteiger partial charge in [0.2, 0.25) is 0 Å². The number of hydrogen-bond acceptors (Lipinski definition) is 3. The topological polar surface area (TPSA) is 71.1 Å². The maximum Gasteiger partial charge on any atom is 0.122 e. The van der Waals surface area contributed by atoms with Gasteiger partial charge in [-0.1, -0.05) is 42.5 Å². The predicted molar refractivity (Wildman–Crippen MR) is 102 cm³/mol. The van der Waals surface area contributed by atoms with E-state index in [-0.39, 0.29) is 5.84 Å². The first-order valence-corrected chi connectivity index (χ1v) is 8.15. The van der Waals surface area contributed by atoms with E-state index in [1.54, 1.807) is 0 Å². The largest absolute Gasteiger partial charge is 0.489 e. The average Bonchev–Trinajstić information content (AvgIpc) is 2.67. The molecule has 0 radical (unpaired) electrons. The van der Waals surface area contributed by atoms with Crippen LogP contribution in [0.5, 0.6) is 5.75 Å². The predicted octanol–water partition coefficient (Wildman–Crippen LogP) is 4.16. The Morgan fingerprint density at radius 1 is 0.840 bits per heavy atom. The van der Waals surface area contributed by atoms with Crippen LogP contribution in [0.3, 0.4) is 0 Å². The van der Waals surface area contributed by atoms with Crippen molar-refractivity contribution in [3.8, 4) is 5.75 Å². The summed E-state index contributed by atoms with van der Waals surface area (Å²) in [5, 5.41) is 10.7. The Morgan fingerprint density at radius 2 is 1.52 bits per heavy atom. The van der Waals surface area contributed by atoms with E-state index in [9.17, 15) is 0 Å². The zero-order valence-corrected chi connectivity index (χ0v) is 13.9. The zero-order chi connectivity index (χ0) is 17.5. The third-order valence-electron chi connectivity index (χ3n) is 3.86. The van der Waals surface area contributed by atoms with Gasteiger partial charge in [-0.25, -0.2) is 0 Å². The Hall–Kier alpha value is -3.27. The molecule has 4 heteroatoms. The smallest absolute Gasteiger partial charge is 0.122 e. The summed E-state index contributed by atoms with van der Waals surface area (Å²) >= 11 is 0. The molecule has 0 saturated carbocycles. The van der Waals surface area contributed by atoms with Crippen LogP contribution in [0.1, 0.15) is 16.7 Å². The second kappa shape index (κ2) is 8.02. The van der Waals surface area contributed by atoms with Crippen molar-refractivity contribution >= 4 is 11.5 Å². The van der Waals surface area contributed by atoms with Gasteiger partial charge in [0.05, 0.1) is 0 Å². The Kier molecular flexibility index (Phi) is 5.32. The minimum atomic E-state index is 0.0811. The summed E-state index contributed by atoms with van der Waals surface area (Å²) in [5.41, 5.74) is 9.50. The van der Waals surface area contributed by atoms with Crippen molar-refractivity contribution in [3.63, 3.8) is 0 Å². The van der Waals surface area contributed by atoms with E-state index in [0.717, 1.165) is 29.1 Å². The molecule has 126 valence electrons. The Balaban J connectivity index is 1.51. The molecule has 0 atom stereocenters. The van der Waals surface area contributed by atoms with Gasteiger partial charge in [0.1, 0.15) is 18.2 Å². The molecule has 25 heavy (non-hydrogen) atoms.